The Bertz CT molecular complexity index is 919. The molecule has 8 heteroatoms. The van der Waals surface area contributed by atoms with Crippen LogP contribution >= 0.6 is 11.6 Å². The molecule has 1 amide bonds. The smallest absolute Gasteiger partial charge is 0.229 e. The summed E-state index contributed by atoms with van der Waals surface area (Å²) in [5.74, 6) is 1.92. The van der Waals surface area contributed by atoms with Crippen LogP contribution in [-0.4, -0.2) is 60.2 Å². The topological polar surface area (TPSA) is 79.4 Å². The fraction of sp³-hybridized carbons (Fsp3) is 0.542. The number of ether oxygens (including phenoxy) is 1. The van der Waals surface area contributed by atoms with E-state index in [4.69, 9.17) is 21.3 Å². The predicted molar refractivity (Wildman–Crippen MR) is 128 cm³/mol. The molecule has 2 aromatic rings. The van der Waals surface area contributed by atoms with Gasteiger partial charge in [-0.1, -0.05) is 24.6 Å². The van der Waals surface area contributed by atoms with E-state index < -0.39 is 0 Å². The molecule has 2 aliphatic heterocycles. The van der Waals surface area contributed by atoms with Gasteiger partial charge in [0.15, 0.2) is 0 Å². The Morgan fingerprint density at radius 3 is 2.91 bits per heavy atom. The van der Waals surface area contributed by atoms with Gasteiger partial charge in [0, 0.05) is 38.1 Å². The van der Waals surface area contributed by atoms with Crippen LogP contribution in [0.15, 0.2) is 30.5 Å². The molecule has 0 aromatic carbocycles. The quantitative estimate of drug-likeness (QED) is 0.645. The zero-order chi connectivity index (χ0) is 22.3. The maximum atomic E-state index is 12.8. The first-order valence-corrected chi connectivity index (χ1v) is 12.0. The Balaban J connectivity index is 1.43. The lowest BCUT2D eigenvalue weighted by atomic mass is 9.97. The van der Waals surface area contributed by atoms with E-state index in [0.717, 1.165) is 82.2 Å². The molecule has 2 aromatic heterocycles. The predicted octanol–water partition coefficient (Wildman–Crippen LogP) is 4.31. The van der Waals surface area contributed by atoms with Crippen molar-refractivity contribution in [3.63, 3.8) is 0 Å². The van der Waals surface area contributed by atoms with Crippen molar-refractivity contribution in [3.05, 3.63) is 35.5 Å². The number of halogens is 1. The van der Waals surface area contributed by atoms with Gasteiger partial charge >= 0.3 is 0 Å². The average Bonchev–Trinajstić information content (AvgIpc) is 2.84. The molecule has 2 N–H and O–H groups in total. The highest BCUT2D eigenvalue weighted by molar-refractivity contribution is 6.33. The Labute approximate surface area is 194 Å². The minimum atomic E-state index is -0.0135. The molecule has 2 fully saturated rings. The standard InChI is InChI=1S/C24H32ClN5O2/c1-2-30-10-4-5-18(16-30)24(31)29-23-13-19(20(25)15-27-23)21-6-3-7-22(28-21)26-14-17-8-11-32-12-9-17/h3,6-7,13,15,17-18H,2,4-5,8-12,14,16H2,1H3,(H,26,28)(H,27,29,31)/t18-/m1/s1. The number of carbonyl (C=O) groups excluding carboxylic acids is 1. The lowest BCUT2D eigenvalue weighted by molar-refractivity contribution is -0.121. The third kappa shape index (κ3) is 5.97. The number of nitrogens with one attached hydrogen (secondary N) is 2. The lowest BCUT2D eigenvalue weighted by Crippen LogP contribution is -2.40. The van der Waals surface area contributed by atoms with Gasteiger partial charge in [0.05, 0.1) is 16.6 Å². The van der Waals surface area contributed by atoms with Crippen LogP contribution in [-0.2, 0) is 9.53 Å². The Hall–Kier alpha value is -2.22. The van der Waals surface area contributed by atoms with E-state index in [1.165, 1.54) is 0 Å². The number of carbonyl (C=O) groups is 1. The van der Waals surface area contributed by atoms with E-state index in [2.05, 4.69) is 27.4 Å². The third-order valence-corrected chi connectivity index (χ3v) is 6.67. The highest BCUT2D eigenvalue weighted by Crippen LogP contribution is 2.29. The van der Waals surface area contributed by atoms with E-state index in [1.807, 2.05) is 24.3 Å². The molecule has 0 unspecified atom stereocenters. The van der Waals surface area contributed by atoms with Gasteiger partial charge in [0.1, 0.15) is 11.6 Å². The second kappa shape index (κ2) is 11.1. The van der Waals surface area contributed by atoms with Crippen LogP contribution in [0.5, 0.6) is 0 Å². The van der Waals surface area contributed by atoms with Crippen molar-refractivity contribution in [1.29, 1.82) is 0 Å². The van der Waals surface area contributed by atoms with E-state index in [0.29, 0.717) is 16.8 Å². The molecule has 0 bridgehead atoms. The molecular weight excluding hydrogens is 426 g/mol. The summed E-state index contributed by atoms with van der Waals surface area (Å²) in [5, 5.41) is 6.94. The van der Waals surface area contributed by atoms with Gasteiger partial charge in [-0.2, -0.15) is 0 Å². The largest absolute Gasteiger partial charge is 0.381 e. The van der Waals surface area contributed by atoms with Crippen molar-refractivity contribution in [1.82, 2.24) is 14.9 Å². The number of nitrogens with zero attached hydrogens (tertiary/aromatic N) is 3. The summed E-state index contributed by atoms with van der Waals surface area (Å²) in [6.07, 6.45) is 5.68. The zero-order valence-corrected chi connectivity index (χ0v) is 19.4. The number of rotatable bonds is 7. The maximum absolute atomic E-state index is 12.8. The van der Waals surface area contributed by atoms with Gasteiger partial charge in [-0.3, -0.25) is 4.79 Å². The van der Waals surface area contributed by atoms with E-state index in [-0.39, 0.29) is 11.8 Å². The molecule has 4 heterocycles. The number of hydrogen-bond acceptors (Lipinski definition) is 6. The fourth-order valence-electron chi connectivity index (χ4n) is 4.37. The van der Waals surface area contributed by atoms with Crippen LogP contribution in [0.25, 0.3) is 11.3 Å². The molecule has 32 heavy (non-hydrogen) atoms. The highest BCUT2D eigenvalue weighted by Gasteiger charge is 2.25. The SMILES string of the molecule is CCN1CCC[C@@H](C(=O)Nc2cc(-c3cccc(NCC4CCOCC4)n3)c(Cl)cn2)C1. The van der Waals surface area contributed by atoms with Crippen LogP contribution in [0.1, 0.15) is 32.6 Å². The molecule has 172 valence electrons. The van der Waals surface area contributed by atoms with Crippen molar-refractivity contribution < 1.29 is 9.53 Å². The van der Waals surface area contributed by atoms with Gasteiger partial charge in [0.25, 0.3) is 0 Å². The monoisotopic (exact) mass is 457 g/mol. The van der Waals surface area contributed by atoms with Gasteiger partial charge < -0.3 is 20.3 Å². The molecular formula is C24H32ClN5O2. The number of piperidine rings is 1. The first-order valence-electron chi connectivity index (χ1n) is 11.6. The lowest BCUT2D eigenvalue weighted by Gasteiger charge is -2.30. The molecule has 4 rings (SSSR count). The molecule has 0 spiro atoms. The molecule has 0 aliphatic carbocycles. The average molecular weight is 458 g/mol. The molecule has 7 nitrogen and oxygen atoms in total. The Morgan fingerprint density at radius 1 is 1.25 bits per heavy atom. The molecule has 0 saturated carbocycles. The third-order valence-electron chi connectivity index (χ3n) is 6.37. The normalized spacial score (nSPS) is 20.1. The summed E-state index contributed by atoms with van der Waals surface area (Å²) in [6, 6.07) is 7.66. The van der Waals surface area contributed by atoms with Gasteiger partial charge in [-0.25, -0.2) is 9.97 Å². The first kappa shape index (κ1) is 23.0. The fourth-order valence-corrected chi connectivity index (χ4v) is 4.57. The van der Waals surface area contributed by atoms with E-state index in [1.54, 1.807) is 6.20 Å². The van der Waals surface area contributed by atoms with Crippen molar-refractivity contribution in [2.24, 2.45) is 11.8 Å². The number of hydrogen-bond donors (Lipinski definition) is 2. The van der Waals surface area contributed by atoms with Crippen LogP contribution in [0.3, 0.4) is 0 Å². The van der Waals surface area contributed by atoms with Crippen molar-refractivity contribution in [3.8, 4) is 11.3 Å². The number of aromatic nitrogens is 2. The van der Waals surface area contributed by atoms with Crippen LogP contribution in [0.2, 0.25) is 5.02 Å². The first-order chi connectivity index (χ1) is 15.6. The van der Waals surface area contributed by atoms with Crippen LogP contribution in [0, 0.1) is 11.8 Å². The molecule has 0 radical (unpaired) electrons. The van der Waals surface area contributed by atoms with Crippen molar-refractivity contribution in [2.75, 3.05) is 50.0 Å². The second-order valence-electron chi connectivity index (χ2n) is 8.62. The number of pyridine rings is 2. The molecule has 2 saturated heterocycles. The summed E-state index contributed by atoms with van der Waals surface area (Å²) in [5.41, 5.74) is 1.50. The summed E-state index contributed by atoms with van der Waals surface area (Å²) < 4.78 is 5.43. The van der Waals surface area contributed by atoms with Gasteiger partial charge in [0.2, 0.25) is 5.91 Å². The summed E-state index contributed by atoms with van der Waals surface area (Å²) in [7, 11) is 0. The van der Waals surface area contributed by atoms with E-state index >= 15 is 0 Å². The summed E-state index contributed by atoms with van der Waals surface area (Å²) in [4.78, 5) is 24.2. The minimum Gasteiger partial charge on any atom is -0.381 e. The van der Waals surface area contributed by atoms with Crippen molar-refractivity contribution in [2.45, 2.75) is 32.6 Å². The second-order valence-corrected chi connectivity index (χ2v) is 9.02. The number of anilines is 2. The molecule has 1 atom stereocenters. The Morgan fingerprint density at radius 2 is 2.09 bits per heavy atom. The van der Waals surface area contributed by atoms with Crippen molar-refractivity contribution >= 4 is 29.1 Å². The molecule has 2 aliphatic rings. The number of likely N-dealkylation sites (tertiary alicyclic amines) is 1. The highest BCUT2D eigenvalue weighted by atomic mass is 35.5. The van der Waals surface area contributed by atoms with Gasteiger partial charge in [-0.05, 0) is 62.9 Å². The summed E-state index contributed by atoms with van der Waals surface area (Å²) >= 11 is 6.45. The van der Waals surface area contributed by atoms with E-state index in [9.17, 15) is 4.79 Å². The van der Waals surface area contributed by atoms with Crippen LogP contribution in [0.4, 0.5) is 11.6 Å². The zero-order valence-electron chi connectivity index (χ0n) is 18.6. The number of amides is 1. The Kier molecular flexibility index (Phi) is 7.95. The summed E-state index contributed by atoms with van der Waals surface area (Å²) in [6.45, 7) is 7.50. The van der Waals surface area contributed by atoms with Crippen LogP contribution < -0.4 is 10.6 Å². The maximum Gasteiger partial charge on any atom is 0.229 e. The van der Waals surface area contributed by atoms with Gasteiger partial charge in [-0.15, -0.1) is 0 Å². The minimum absolute atomic E-state index is 0.0135.